The first kappa shape index (κ1) is 36.5. The van der Waals surface area contributed by atoms with Gasteiger partial charge in [0.15, 0.2) is 17.7 Å². The molecule has 2 aromatic heterocycles. The molecule has 1 aliphatic heterocycles. The van der Waals surface area contributed by atoms with Crippen LogP contribution in [0.3, 0.4) is 0 Å². The quantitative estimate of drug-likeness (QED) is 0.0857. The van der Waals surface area contributed by atoms with Crippen molar-refractivity contribution in [3.05, 3.63) is 12.7 Å². The summed E-state index contributed by atoms with van der Waals surface area (Å²) in [5.41, 5.74) is 0.760. The maximum absolute atomic E-state index is 12.7. The first-order chi connectivity index (χ1) is 21.7. The number of anilines is 1. The number of aromatic nitrogens is 4. The van der Waals surface area contributed by atoms with Gasteiger partial charge in [0.1, 0.15) is 36.3 Å². The number of aliphatic hydroxyl groups is 5. The zero-order chi connectivity index (χ0) is 32.6. The molecule has 0 spiro atoms. The lowest BCUT2D eigenvalue weighted by molar-refractivity contribution is -0.204. The summed E-state index contributed by atoms with van der Waals surface area (Å²) < 4.78 is 5.77. The second kappa shape index (κ2) is 19.5. The van der Waals surface area contributed by atoms with Crippen molar-refractivity contribution in [3.63, 3.8) is 0 Å². The van der Waals surface area contributed by atoms with E-state index in [9.17, 15) is 35.1 Å². The number of carbonyl (C=O) groups is 2. The molecule has 1 unspecified atom stereocenters. The van der Waals surface area contributed by atoms with E-state index in [1.807, 2.05) is 0 Å². The van der Waals surface area contributed by atoms with Crippen molar-refractivity contribution in [1.82, 2.24) is 30.6 Å². The lowest BCUT2D eigenvalue weighted by Crippen LogP contribution is -2.68. The molecule has 0 radical (unpaired) electrons. The van der Waals surface area contributed by atoms with Crippen molar-refractivity contribution in [2.45, 2.75) is 133 Å². The van der Waals surface area contributed by atoms with Crippen molar-refractivity contribution in [3.8, 4) is 0 Å². The zero-order valence-corrected chi connectivity index (χ0v) is 26.1. The van der Waals surface area contributed by atoms with E-state index in [4.69, 9.17) is 4.74 Å². The van der Waals surface area contributed by atoms with E-state index in [1.54, 1.807) is 0 Å². The summed E-state index contributed by atoms with van der Waals surface area (Å²) in [5, 5.41) is 59.6. The summed E-state index contributed by atoms with van der Waals surface area (Å²) in [6.45, 7) is 1.00. The predicted octanol–water partition coefficient (Wildman–Crippen LogP) is 0.618. The van der Waals surface area contributed by atoms with E-state index in [1.165, 1.54) is 64.0 Å². The van der Waals surface area contributed by atoms with Crippen LogP contribution in [-0.2, 0) is 14.3 Å². The predicted molar refractivity (Wildman–Crippen MR) is 166 cm³/mol. The Morgan fingerprint density at radius 2 is 1.60 bits per heavy atom. The van der Waals surface area contributed by atoms with Crippen LogP contribution in [-0.4, -0.2) is 113 Å². The monoisotopic (exact) mass is 637 g/mol. The highest BCUT2D eigenvalue weighted by molar-refractivity contribution is 5.85. The number of carbonyl (C=O) groups excluding carboxylic acids is 2. The van der Waals surface area contributed by atoms with Crippen LogP contribution in [0.5, 0.6) is 0 Å². The van der Waals surface area contributed by atoms with Crippen LogP contribution in [0.1, 0.15) is 90.4 Å². The highest BCUT2D eigenvalue weighted by atomic mass is 16.5. The summed E-state index contributed by atoms with van der Waals surface area (Å²) in [5.74, 6) is -1.02. The maximum Gasteiger partial charge on any atom is 0.239 e. The van der Waals surface area contributed by atoms with Crippen molar-refractivity contribution < 1.29 is 39.9 Å². The highest BCUT2D eigenvalue weighted by Gasteiger charge is 2.48. The molecule has 1 fully saturated rings. The standard InChI is InChI=1S/C30H51N7O8/c1-2-3-4-5-6-7-8-9-10-11-12-13-19(39)14-21(41)31-15-22(42)36-23-25(43)26(44)30(45-27(23)20(40)16-38)37-29-24-28(33-17-32-24)34-18-35-29/h17-20,23,25-27,30,38-40,43-44H,2-16H2,1H3,(H,31,41)(H,36,42)(H2,32,33,34,35,37)/t19?,20-,23+,25+,26+,27-,30-/m0/s1. The Morgan fingerprint density at radius 3 is 2.27 bits per heavy atom. The molecule has 0 saturated carbocycles. The second-order valence-corrected chi connectivity index (χ2v) is 11.8. The number of H-pyrrole nitrogens is 1. The van der Waals surface area contributed by atoms with E-state index in [0.29, 0.717) is 17.6 Å². The smallest absolute Gasteiger partial charge is 0.239 e. The average Bonchev–Trinajstić information content (AvgIpc) is 3.52. The van der Waals surface area contributed by atoms with Crippen LogP contribution < -0.4 is 16.0 Å². The zero-order valence-electron chi connectivity index (χ0n) is 26.1. The molecular formula is C30H51N7O8. The van der Waals surface area contributed by atoms with Gasteiger partial charge in [0.2, 0.25) is 11.8 Å². The number of aromatic amines is 1. The van der Waals surface area contributed by atoms with Gasteiger partial charge in [-0.25, -0.2) is 15.0 Å². The highest BCUT2D eigenvalue weighted by Crippen LogP contribution is 2.26. The Labute approximate surface area is 263 Å². The van der Waals surface area contributed by atoms with Gasteiger partial charge in [-0.2, -0.15) is 0 Å². The molecule has 1 aliphatic rings. The molecule has 3 heterocycles. The minimum atomic E-state index is -1.63. The first-order valence-corrected chi connectivity index (χ1v) is 16.2. The minimum absolute atomic E-state index is 0.148. The second-order valence-electron chi connectivity index (χ2n) is 11.8. The van der Waals surface area contributed by atoms with Crippen LogP contribution >= 0.6 is 0 Å². The van der Waals surface area contributed by atoms with Crippen LogP contribution in [0.2, 0.25) is 0 Å². The normalized spacial score (nSPS) is 23.0. The van der Waals surface area contributed by atoms with Crippen molar-refractivity contribution in [1.29, 1.82) is 0 Å². The van der Waals surface area contributed by atoms with E-state index < -0.39 is 67.8 Å². The summed E-state index contributed by atoms with van der Waals surface area (Å²) in [6.07, 6.45) is 7.93. The number of hydrogen-bond acceptors (Lipinski definition) is 12. The van der Waals surface area contributed by atoms with E-state index in [2.05, 4.69) is 42.8 Å². The van der Waals surface area contributed by atoms with Crippen molar-refractivity contribution in [2.24, 2.45) is 0 Å². The average molecular weight is 638 g/mol. The number of rotatable bonds is 21. The molecular weight excluding hydrogens is 586 g/mol. The van der Waals surface area contributed by atoms with Crippen LogP contribution in [0.25, 0.3) is 11.2 Å². The number of aliphatic hydroxyl groups excluding tert-OH is 5. The molecule has 15 nitrogen and oxygen atoms in total. The number of fused-ring (bicyclic) bond motifs is 1. The van der Waals surface area contributed by atoms with Crippen LogP contribution in [0.4, 0.5) is 5.82 Å². The molecule has 0 aliphatic carbocycles. The summed E-state index contributed by atoms with van der Waals surface area (Å²) in [7, 11) is 0. The fraction of sp³-hybridized carbons (Fsp3) is 0.767. The van der Waals surface area contributed by atoms with Crippen molar-refractivity contribution in [2.75, 3.05) is 18.5 Å². The van der Waals surface area contributed by atoms with Gasteiger partial charge >= 0.3 is 0 Å². The number of ether oxygens (including phenoxy) is 1. The minimum Gasteiger partial charge on any atom is -0.394 e. The Kier molecular flexibility index (Phi) is 15.9. The van der Waals surface area contributed by atoms with Gasteiger partial charge in [0.05, 0.1) is 38.0 Å². The first-order valence-electron chi connectivity index (χ1n) is 16.2. The largest absolute Gasteiger partial charge is 0.394 e. The lowest BCUT2D eigenvalue weighted by Gasteiger charge is -2.44. The van der Waals surface area contributed by atoms with E-state index >= 15 is 0 Å². The molecule has 15 heteroatoms. The molecule has 7 atom stereocenters. The van der Waals surface area contributed by atoms with Gasteiger partial charge < -0.3 is 51.2 Å². The number of hydrogen-bond donors (Lipinski definition) is 9. The summed E-state index contributed by atoms with van der Waals surface area (Å²) in [4.78, 5) is 39.9. The number of imidazole rings is 1. The molecule has 2 amide bonds. The van der Waals surface area contributed by atoms with Crippen molar-refractivity contribution >= 4 is 28.8 Å². The van der Waals surface area contributed by atoms with Gasteiger partial charge in [0.25, 0.3) is 0 Å². The third-order valence-corrected chi connectivity index (χ3v) is 8.09. The topological polar surface area (TPSA) is 235 Å². The molecule has 3 rings (SSSR count). The molecule has 0 aromatic carbocycles. The van der Waals surface area contributed by atoms with E-state index in [0.717, 1.165) is 19.3 Å². The SMILES string of the molecule is CCCCCCCCCCCCCC(O)CC(=O)NCC(=O)N[C@@H]1[C@@H](O)[C@@H](O)[C@@H](Nc2ncnc3nc[nH]c23)O[C@H]1[C@@H](O)CO. The number of unbranched alkanes of at least 4 members (excludes halogenated alkanes) is 10. The molecule has 254 valence electrons. The number of nitrogens with one attached hydrogen (secondary N) is 4. The fourth-order valence-electron chi connectivity index (χ4n) is 5.50. The molecule has 45 heavy (non-hydrogen) atoms. The van der Waals surface area contributed by atoms with Gasteiger partial charge in [-0.1, -0.05) is 77.6 Å². The van der Waals surface area contributed by atoms with Gasteiger partial charge in [-0.3, -0.25) is 9.59 Å². The lowest BCUT2D eigenvalue weighted by atomic mass is 9.92. The fourth-order valence-corrected chi connectivity index (χ4v) is 5.50. The Balaban J connectivity index is 1.38. The van der Waals surface area contributed by atoms with Crippen LogP contribution in [0.15, 0.2) is 12.7 Å². The molecule has 9 N–H and O–H groups in total. The van der Waals surface area contributed by atoms with Gasteiger partial charge in [0, 0.05) is 0 Å². The molecule has 0 bridgehead atoms. The molecule has 2 aromatic rings. The number of amides is 2. The summed E-state index contributed by atoms with van der Waals surface area (Å²) >= 11 is 0. The third kappa shape index (κ3) is 11.7. The number of nitrogens with zero attached hydrogens (tertiary/aromatic N) is 3. The third-order valence-electron chi connectivity index (χ3n) is 8.09. The maximum atomic E-state index is 12.7. The molecule has 1 saturated heterocycles. The Bertz CT molecular complexity index is 1150. The Morgan fingerprint density at radius 1 is 0.933 bits per heavy atom. The van der Waals surface area contributed by atoms with Gasteiger partial charge in [-0.05, 0) is 6.42 Å². The van der Waals surface area contributed by atoms with Gasteiger partial charge in [-0.15, -0.1) is 0 Å². The Hall–Kier alpha value is -2.95. The van der Waals surface area contributed by atoms with Crippen LogP contribution in [0, 0.1) is 0 Å². The summed E-state index contributed by atoms with van der Waals surface area (Å²) in [6, 6.07) is -1.33. The van der Waals surface area contributed by atoms with E-state index in [-0.39, 0.29) is 12.2 Å².